The highest BCUT2D eigenvalue weighted by Crippen LogP contribution is 2.28. The lowest BCUT2D eigenvalue weighted by Crippen LogP contribution is -2.45. The second kappa shape index (κ2) is 12.8. The number of thiocarbonyl (C=S) groups is 1. The Morgan fingerprint density at radius 2 is 1.74 bits per heavy atom. The Bertz CT molecular complexity index is 1150. The number of carbonyl (C=O) groups is 3. The molecule has 2 aliphatic heterocycles. The van der Waals surface area contributed by atoms with Crippen LogP contribution in [0.2, 0.25) is 0 Å². The molecule has 2 heterocycles. The molecule has 2 aliphatic rings. The summed E-state index contributed by atoms with van der Waals surface area (Å²) in [5.41, 5.74) is 1.52. The molecule has 0 bridgehead atoms. The van der Waals surface area contributed by atoms with Crippen molar-refractivity contribution in [3.05, 3.63) is 54.1 Å². The number of amides is 2. The summed E-state index contributed by atoms with van der Waals surface area (Å²) in [5, 5.41) is 3.18. The molecule has 4 rings (SSSR count). The maximum atomic E-state index is 13.6. The lowest BCUT2D eigenvalue weighted by Gasteiger charge is -2.30. The van der Waals surface area contributed by atoms with E-state index in [-0.39, 0.29) is 24.8 Å². The van der Waals surface area contributed by atoms with Gasteiger partial charge in [0, 0.05) is 31.9 Å². The maximum absolute atomic E-state index is 13.6. The van der Waals surface area contributed by atoms with Gasteiger partial charge >= 0.3 is 5.97 Å². The van der Waals surface area contributed by atoms with Gasteiger partial charge in [-0.2, -0.15) is 0 Å². The number of anilines is 2. The van der Waals surface area contributed by atoms with Gasteiger partial charge in [0.2, 0.25) is 5.91 Å². The molecule has 0 saturated carbocycles. The Kier molecular flexibility index (Phi) is 9.27. The van der Waals surface area contributed by atoms with Gasteiger partial charge in [0.25, 0.3) is 5.91 Å². The molecule has 1 atom stereocenters. The molecule has 0 spiro atoms. The van der Waals surface area contributed by atoms with Crippen LogP contribution in [-0.4, -0.2) is 91.8 Å². The maximum Gasteiger partial charge on any atom is 0.338 e. The van der Waals surface area contributed by atoms with Crippen molar-refractivity contribution in [2.75, 3.05) is 63.3 Å². The van der Waals surface area contributed by atoms with Crippen LogP contribution in [0.3, 0.4) is 0 Å². The van der Waals surface area contributed by atoms with Crippen LogP contribution >= 0.6 is 12.2 Å². The van der Waals surface area contributed by atoms with Crippen molar-refractivity contribution in [1.82, 2.24) is 9.80 Å². The zero-order valence-electron chi connectivity index (χ0n) is 21.6. The Balaban J connectivity index is 1.51. The number of nitrogens with one attached hydrogen (secondary N) is 1. The molecule has 0 aliphatic carbocycles. The molecule has 0 unspecified atom stereocenters. The minimum absolute atomic E-state index is 0.0640. The fourth-order valence-electron chi connectivity index (χ4n) is 4.42. The third-order valence-electron chi connectivity index (χ3n) is 6.47. The second-order valence-corrected chi connectivity index (χ2v) is 9.23. The lowest BCUT2D eigenvalue weighted by molar-refractivity contribution is -0.124. The molecule has 2 aromatic carbocycles. The first-order valence-corrected chi connectivity index (χ1v) is 13.0. The van der Waals surface area contributed by atoms with Crippen LogP contribution in [0.4, 0.5) is 11.4 Å². The SMILES string of the molecule is CCOC(=O)c1ccc(N2C(=O)[C@H](CC(=O)Nc3ccc(OC)cc3)N(CCN3CCOCC3)C2=S)cc1. The molecule has 1 N–H and O–H groups in total. The summed E-state index contributed by atoms with van der Waals surface area (Å²) < 4.78 is 15.6. The summed E-state index contributed by atoms with van der Waals surface area (Å²) in [5.74, 6) is -0.342. The number of rotatable bonds is 10. The summed E-state index contributed by atoms with van der Waals surface area (Å²) in [6.07, 6.45) is -0.0640. The fraction of sp³-hybridized carbons (Fsp3) is 0.407. The van der Waals surface area contributed by atoms with Gasteiger partial charge in [0.15, 0.2) is 5.11 Å². The molecule has 0 aromatic heterocycles. The Hall–Kier alpha value is -3.54. The summed E-state index contributed by atoms with van der Waals surface area (Å²) in [4.78, 5) is 44.2. The lowest BCUT2D eigenvalue weighted by atomic mass is 10.1. The molecule has 10 nitrogen and oxygen atoms in total. The third-order valence-corrected chi connectivity index (χ3v) is 6.89. The molecule has 2 saturated heterocycles. The quantitative estimate of drug-likeness (QED) is 0.360. The first kappa shape index (κ1) is 27.5. The van der Waals surface area contributed by atoms with Crippen LogP contribution in [0.25, 0.3) is 0 Å². The zero-order valence-corrected chi connectivity index (χ0v) is 22.4. The standard InChI is InChI=1S/C27H32N4O6S/c1-3-37-26(34)19-4-8-21(9-5-19)31-25(33)23(18-24(32)28-20-6-10-22(35-2)11-7-20)30(27(31)38)13-12-29-14-16-36-17-15-29/h4-11,23H,3,12-18H2,1-2H3,(H,28,32)/t23-/m0/s1. The molecular formula is C27H32N4O6S. The molecule has 2 amide bonds. The highest BCUT2D eigenvalue weighted by molar-refractivity contribution is 7.80. The Morgan fingerprint density at radius 1 is 1.05 bits per heavy atom. The van der Waals surface area contributed by atoms with E-state index < -0.39 is 12.0 Å². The number of morpholine rings is 1. The highest BCUT2D eigenvalue weighted by atomic mass is 32.1. The van der Waals surface area contributed by atoms with Gasteiger partial charge in [-0.3, -0.25) is 19.4 Å². The third kappa shape index (κ3) is 6.47. The predicted octanol–water partition coefficient (Wildman–Crippen LogP) is 2.54. The van der Waals surface area contributed by atoms with E-state index in [2.05, 4.69) is 10.2 Å². The molecule has 0 radical (unpaired) electrons. The van der Waals surface area contributed by atoms with Crippen molar-refractivity contribution in [2.45, 2.75) is 19.4 Å². The van der Waals surface area contributed by atoms with Crippen LogP contribution in [0.15, 0.2) is 48.5 Å². The average Bonchev–Trinajstić information content (AvgIpc) is 3.16. The molecule has 2 aromatic rings. The minimum Gasteiger partial charge on any atom is -0.497 e. The van der Waals surface area contributed by atoms with Crippen molar-refractivity contribution in [3.63, 3.8) is 0 Å². The van der Waals surface area contributed by atoms with Crippen molar-refractivity contribution in [1.29, 1.82) is 0 Å². The van der Waals surface area contributed by atoms with E-state index in [1.165, 1.54) is 4.90 Å². The first-order valence-electron chi connectivity index (χ1n) is 12.6. The molecule has 2 fully saturated rings. The largest absolute Gasteiger partial charge is 0.497 e. The molecular weight excluding hydrogens is 508 g/mol. The smallest absolute Gasteiger partial charge is 0.338 e. The molecule has 202 valence electrons. The van der Waals surface area contributed by atoms with Gasteiger partial charge in [-0.15, -0.1) is 0 Å². The van der Waals surface area contributed by atoms with Crippen LogP contribution in [0.1, 0.15) is 23.7 Å². The normalized spacial score (nSPS) is 18.0. The topological polar surface area (TPSA) is 101 Å². The van der Waals surface area contributed by atoms with Crippen LogP contribution in [0.5, 0.6) is 5.75 Å². The van der Waals surface area contributed by atoms with E-state index in [0.717, 1.165) is 13.1 Å². The van der Waals surface area contributed by atoms with Gasteiger partial charge in [0.1, 0.15) is 11.8 Å². The summed E-state index contributed by atoms with van der Waals surface area (Å²) in [6.45, 7) is 6.11. The van der Waals surface area contributed by atoms with Crippen LogP contribution in [0, 0.1) is 0 Å². The van der Waals surface area contributed by atoms with E-state index in [1.807, 2.05) is 4.90 Å². The number of ether oxygens (including phenoxy) is 3. The van der Waals surface area contributed by atoms with Gasteiger partial charge in [-0.1, -0.05) is 0 Å². The van der Waals surface area contributed by atoms with Crippen LogP contribution < -0.4 is 15.0 Å². The minimum atomic E-state index is -0.758. The monoisotopic (exact) mass is 540 g/mol. The van der Waals surface area contributed by atoms with Gasteiger partial charge < -0.3 is 24.4 Å². The predicted molar refractivity (Wildman–Crippen MR) is 146 cm³/mol. The van der Waals surface area contributed by atoms with E-state index in [4.69, 9.17) is 26.4 Å². The number of carbonyl (C=O) groups excluding carboxylic acids is 3. The van der Waals surface area contributed by atoms with E-state index in [1.54, 1.807) is 62.6 Å². The van der Waals surface area contributed by atoms with Crippen LogP contribution in [-0.2, 0) is 19.1 Å². The zero-order chi connectivity index (χ0) is 27.1. The number of esters is 1. The summed E-state index contributed by atoms with van der Waals surface area (Å²) >= 11 is 5.75. The van der Waals surface area contributed by atoms with Gasteiger partial charge in [-0.25, -0.2) is 4.79 Å². The Morgan fingerprint density at radius 3 is 2.37 bits per heavy atom. The number of methoxy groups -OCH3 is 1. The molecule has 11 heteroatoms. The number of nitrogens with zero attached hydrogens (tertiary/aromatic N) is 3. The van der Waals surface area contributed by atoms with E-state index in [9.17, 15) is 14.4 Å². The molecule has 38 heavy (non-hydrogen) atoms. The van der Waals surface area contributed by atoms with Crippen molar-refractivity contribution in [2.24, 2.45) is 0 Å². The Labute approximate surface area is 227 Å². The van der Waals surface area contributed by atoms with E-state index in [0.29, 0.717) is 54.1 Å². The number of benzene rings is 2. The number of hydrogen-bond donors (Lipinski definition) is 1. The summed E-state index contributed by atoms with van der Waals surface area (Å²) in [7, 11) is 1.57. The van der Waals surface area contributed by atoms with Gasteiger partial charge in [-0.05, 0) is 67.7 Å². The highest BCUT2D eigenvalue weighted by Gasteiger charge is 2.44. The fourth-order valence-corrected chi connectivity index (χ4v) is 4.84. The second-order valence-electron chi connectivity index (χ2n) is 8.87. The van der Waals surface area contributed by atoms with E-state index >= 15 is 0 Å². The average molecular weight is 541 g/mol. The van der Waals surface area contributed by atoms with Gasteiger partial charge in [0.05, 0.1) is 44.6 Å². The van der Waals surface area contributed by atoms with Crippen molar-refractivity contribution < 1.29 is 28.6 Å². The first-order chi connectivity index (χ1) is 18.4. The summed E-state index contributed by atoms with van der Waals surface area (Å²) in [6, 6.07) is 12.8. The number of hydrogen-bond acceptors (Lipinski definition) is 8. The van der Waals surface area contributed by atoms with Crippen molar-refractivity contribution in [3.8, 4) is 5.75 Å². The van der Waals surface area contributed by atoms with Crippen molar-refractivity contribution >= 4 is 46.5 Å².